The van der Waals surface area contributed by atoms with E-state index in [-0.39, 0.29) is 17.7 Å². The molecule has 2 N–H and O–H groups in total. The SMILES string of the molecule is Cc1nc(C)c(C(=O)NCC2(CC(=O)O)CCCCC2)s1. The minimum Gasteiger partial charge on any atom is -0.481 e. The standard InChI is InChI=1S/C15H22N2O3S/c1-10-13(21-11(2)17-10)14(20)16-9-15(8-12(18)19)6-4-3-5-7-15/h3-9H2,1-2H3,(H,16,20)(H,18,19). The van der Waals surface area contributed by atoms with Crippen molar-refractivity contribution in [1.82, 2.24) is 10.3 Å². The molecule has 1 aromatic heterocycles. The summed E-state index contributed by atoms with van der Waals surface area (Å²) in [6.07, 6.45) is 5.13. The molecule has 21 heavy (non-hydrogen) atoms. The van der Waals surface area contributed by atoms with Crippen LogP contribution >= 0.6 is 11.3 Å². The first-order valence-electron chi connectivity index (χ1n) is 7.36. The molecular formula is C15H22N2O3S. The number of nitrogens with zero attached hydrogens (tertiary/aromatic N) is 1. The molecule has 1 aliphatic carbocycles. The van der Waals surface area contributed by atoms with Gasteiger partial charge in [-0.2, -0.15) is 0 Å². The highest BCUT2D eigenvalue weighted by atomic mass is 32.1. The van der Waals surface area contributed by atoms with Gasteiger partial charge in [-0.3, -0.25) is 9.59 Å². The van der Waals surface area contributed by atoms with Crippen LogP contribution in [0.4, 0.5) is 0 Å². The summed E-state index contributed by atoms with van der Waals surface area (Å²) in [5.41, 5.74) is 0.457. The highest BCUT2D eigenvalue weighted by Crippen LogP contribution is 2.38. The molecule has 0 saturated heterocycles. The summed E-state index contributed by atoms with van der Waals surface area (Å²) in [7, 11) is 0. The van der Waals surface area contributed by atoms with Crippen molar-refractivity contribution in [2.75, 3.05) is 6.54 Å². The van der Waals surface area contributed by atoms with Gasteiger partial charge in [0.15, 0.2) is 0 Å². The number of amides is 1. The molecule has 0 aliphatic heterocycles. The minimum absolute atomic E-state index is 0.131. The maximum absolute atomic E-state index is 12.3. The first-order valence-corrected chi connectivity index (χ1v) is 8.18. The van der Waals surface area contributed by atoms with E-state index in [1.54, 1.807) is 0 Å². The highest BCUT2D eigenvalue weighted by molar-refractivity contribution is 7.13. The van der Waals surface area contributed by atoms with Crippen LogP contribution < -0.4 is 5.32 Å². The zero-order chi connectivity index (χ0) is 15.5. The second kappa shape index (κ2) is 6.56. The molecule has 0 unspecified atom stereocenters. The van der Waals surface area contributed by atoms with E-state index >= 15 is 0 Å². The number of aryl methyl sites for hydroxylation is 2. The lowest BCUT2D eigenvalue weighted by atomic mass is 9.71. The lowest BCUT2D eigenvalue weighted by Gasteiger charge is -2.36. The molecule has 0 aromatic carbocycles. The van der Waals surface area contributed by atoms with Crippen molar-refractivity contribution >= 4 is 23.2 Å². The summed E-state index contributed by atoms with van der Waals surface area (Å²) in [6.45, 7) is 4.14. The fraction of sp³-hybridized carbons (Fsp3) is 0.667. The Kier molecular flexibility index (Phi) is 4.98. The molecule has 0 radical (unpaired) electrons. The number of carbonyl (C=O) groups is 2. The molecule has 6 heteroatoms. The third kappa shape index (κ3) is 4.03. The molecule has 0 bridgehead atoms. The van der Waals surface area contributed by atoms with E-state index in [1.165, 1.54) is 11.3 Å². The summed E-state index contributed by atoms with van der Waals surface area (Å²) in [5.74, 6) is -0.913. The Balaban J connectivity index is 2.02. The fourth-order valence-electron chi connectivity index (χ4n) is 3.13. The minimum atomic E-state index is -0.782. The number of carbonyl (C=O) groups excluding carboxylic acids is 1. The van der Waals surface area contributed by atoms with Crippen LogP contribution in [0.5, 0.6) is 0 Å². The van der Waals surface area contributed by atoms with Crippen molar-refractivity contribution in [3.05, 3.63) is 15.6 Å². The number of aromatic nitrogens is 1. The zero-order valence-electron chi connectivity index (χ0n) is 12.6. The second-order valence-corrected chi connectivity index (χ2v) is 7.16. The summed E-state index contributed by atoms with van der Waals surface area (Å²) in [6, 6.07) is 0. The predicted octanol–water partition coefficient (Wildman–Crippen LogP) is 2.91. The lowest BCUT2D eigenvalue weighted by molar-refractivity contribution is -0.140. The van der Waals surface area contributed by atoms with E-state index in [0.717, 1.165) is 42.8 Å². The van der Waals surface area contributed by atoms with E-state index in [9.17, 15) is 9.59 Å². The molecule has 1 aromatic rings. The van der Waals surface area contributed by atoms with E-state index < -0.39 is 5.97 Å². The first-order chi connectivity index (χ1) is 9.92. The van der Waals surface area contributed by atoms with Crippen LogP contribution in [-0.4, -0.2) is 28.5 Å². The highest BCUT2D eigenvalue weighted by Gasteiger charge is 2.35. The van der Waals surface area contributed by atoms with Crippen LogP contribution in [0.1, 0.15) is 58.9 Å². The largest absolute Gasteiger partial charge is 0.481 e. The van der Waals surface area contributed by atoms with Gasteiger partial charge in [0.2, 0.25) is 0 Å². The number of carboxylic acids is 1. The quantitative estimate of drug-likeness (QED) is 0.876. The Morgan fingerprint density at radius 2 is 1.95 bits per heavy atom. The average molecular weight is 310 g/mol. The van der Waals surface area contributed by atoms with Gasteiger partial charge in [-0.15, -0.1) is 11.3 Å². The van der Waals surface area contributed by atoms with Crippen LogP contribution in [0.15, 0.2) is 0 Å². The lowest BCUT2D eigenvalue weighted by Crippen LogP contribution is -2.40. The second-order valence-electron chi connectivity index (χ2n) is 5.96. The number of thiazole rings is 1. The van der Waals surface area contributed by atoms with Crippen LogP contribution in [0.3, 0.4) is 0 Å². The summed E-state index contributed by atoms with van der Waals surface area (Å²) >= 11 is 1.38. The van der Waals surface area contributed by atoms with Crippen LogP contribution in [0.2, 0.25) is 0 Å². The number of aliphatic carboxylic acids is 1. The van der Waals surface area contributed by atoms with Crippen molar-refractivity contribution in [2.45, 2.75) is 52.4 Å². The molecule has 1 amide bonds. The van der Waals surface area contributed by atoms with Gasteiger partial charge < -0.3 is 10.4 Å². The summed E-state index contributed by atoms with van der Waals surface area (Å²) in [5, 5.41) is 12.9. The molecular weight excluding hydrogens is 288 g/mol. The average Bonchev–Trinajstić information content (AvgIpc) is 2.75. The van der Waals surface area contributed by atoms with Gasteiger partial charge in [-0.25, -0.2) is 4.98 Å². The van der Waals surface area contributed by atoms with Gasteiger partial charge in [0.1, 0.15) is 4.88 Å². The van der Waals surface area contributed by atoms with E-state index in [2.05, 4.69) is 10.3 Å². The zero-order valence-corrected chi connectivity index (χ0v) is 13.4. The maximum Gasteiger partial charge on any atom is 0.303 e. The molecule has 1 fully saturated rings. The first kappa shape index (κ1) is 15.9. The third-order valence-corrected chi connectivity index (χ3v) is 5.25. The monoisotopic (exact) mass is 310 g/mol. The Labute approximate surface area is 128 Å². The number of hydrogen-bond acceptors (Lipinski definition) is 4. The molecule has 0 spiro atoms. The molecule has 1 saturated carbocycles. The molecule has 2 rings (SSSR count). The normalized spacial score (nSPS) is 17.4. The van der Waals surface area contributed by atoms with E-state index in [4.69, 9.17) is 5.11 Å². The Bertz CT molecular complexity index is 533. The van der Waals surface area contributed by atoms with Crippen LogP contribution in [0, 0.1) is 19.3 Å². The Morgan fingerprint density at radius 1 is 1.29 bits per heavy atom. The van der Waals surface area contributed by atoms with Crippen molar-refractivity contribution in [3.63, 3.8) is 0 Å². The fourth-order valence-corrected chi connectivity index (χ4v) is 3.96. The van der Waals surface area contributed by atoms with Crippen molar-refractivity contribution in [3.8, 4) is 0 Å². The topological polar surface area (TPSA) is 79.3 Å². The van der Waals surface area contributed by atoms with Gasteiger partial charge in [0.05, 0.1) is 17.1 Å². The number of rotatable bonds is 5. The molecule has 5 nitrogen and oxygen atoms in total. The van der Waals surface area contributed by atoms with Crippen molar-refractivity contribution in [1.29, 1.82) is 0 Å². The van der Waals surface area contributed by atoms with Gasteiger partial charge >= 0.3 is 5.97 Å². The Morgan fingerprint density at radius 3 is 2.48 bits per heavy atom. The van der Waals surface area contributed by atoms with Crippen LogP contribution in [0.25, 0.3) is 0 Å². The van der Waals surface area contributed by atoms with E-state index in [1.807, 2.05) is 13.8 Å². The van der Waals surface area contributed by atoms with Gasteiger partial charge in [-0.05, 0) is 32.1 Å². The molecule has 1 heterocycles. The van der Waals surface area contributed by atoms with Crippen LogP contribution in [-0.2, 0) is 4.79 Å². The number of carboxylic acid groups (broad SMARTS) is 1. The maximum atomic E-state index is 12.3. The van der Waals surface area contributed by atoms with Crippen molar-refractivity contribution < 1.29 is 14.7 Å². The molecule has 1 aliphatic rings. The van der Waals surface area contributed by atoms with Crippen molar-refractivity contribution in [2.24, 2.45) is 5.41 Å². The number of hydrogen-bond donors (Lipinski definition) is 2. The molecule has 116 valence electrons. The molecule has 0 atom stereocenters. The summed E-state index contributed by atoms with van der Waals surface area (Å²) in [4.78, 5) is 28.3. The van der Waals surface area contributed by atoms with Gasteiger partial charge in [-0.1, -0.05) is 19.3 Å². The van der Waals surface area contributed by atoms with Gasteiger partial charge in [0.25, 0.3) is 5.91 Å². The van der Waals surface area contributed by atoms with E-state index in [0.29, 0.717) is 11.4 Å². The number of nitrogens with one attached hydrogen (secondary N) is 1. The van der Waals surface area contributed by atoms with Gasteiger partial charge in [0, 0.05) is 6.54 Å². The smallest absolute Gasteiger partial charge is 0.303 e. The summed E-state index contributed by atoms with van der Waals surface area (Å²) < 4.78 is 0. The third-order valence-electron chi connectivity index (χ3n) is 4.17. The Hall–Kier alpha value is -1.43. The predicted molar refractivity (Wildman–Crippen MR) is 81.7 cm³/mol.